The van der Waals surface area contributed by atoms with Crippen LogP contribution in [0.5, 0.6) is 5.75 Å². The van der Waals surface area contributed by atoms with Gasteiger partial charge >= 0.3 is 0 Å². The van der Waals surface area contributed by atoms with Gasteiger partial charge in [0.15, 0.2) is 0 Å². The number of rotatable bonds is 4. The molecule has 0 N–H and O–H groups in total. The van der Waals surface area contributed by atoms with Gasteiger partial charge in [-0.2, -0.15) is 0 Å². The molecule has 1 aliphatic carbocycles. The molecule has 79 valence electrons. The van der Waals surface area contributed by atoms with Crippen molar-refractivity contribution in [2.45, 2.75) is 25.7 Å². The summed E-state index contributed by atoms with van der Waals surface area (Å²) >= 11 is 0. The van der Waals surface area contributed by atoms with Crippen LogP contribution in [0.15, 0.2) is 30.9 Å². The molecule has 0 aliphatic heterocycles. The molecule has 0 saturated heterocycles. The zero-order chi connectivity index (χ0) is 10.8. The minimum absolute atomic E-state index is 0.720. The standard InChI is InChI=1S/C14H17O/c1-4-10(2)12-7-8-14(15-3)13(9-12)11-5-6-11/h4,7-9,11H,1,5-6H2,2-3H3. The first kappa shape index (κ1) is 10.3. The molecule has 0 bridgehead atoms. The lowest BCUT2D eigenvalue weighted by Crippen LogP contribution is -1.95. The topological polar surface area (TPSA) is 9.23 Å². The predicted molar refractivity (Wildman–Crippen MR) is 63.2 cm³/mol. The first-order chi connectivity index (χ1) is 7.26. The molecule has 1 fully saturated rings. The Morgan fingerprint density at radius 2 is 2.20 bits per heavy atom. The van der Waals surface area contributed by atoms with Crippen LogP contribution in [-0.4, -0.2) is 7.11 Å². The van der Waals surface area contributed by atoms with E-state index >= 15 is 0 Å². The molecule has 15 heavy (non-hydrogen) atoms. The number of allylic oxidation sites excluding steroid dienone is 1. The van der Waals surface area contributed by atoms with Gasteiger partial charge in [0.1, 0.15) is 5.75 Å². The Hall–Kier alpha value is -1.24. The van der Waals surface area contributed by atoms with Gasteiger partial charge < -0.3 is 4.74 Å². The third-order valence-corrected chi connectivity index (χ3v) is 3.01. The minimum Gasteiger partial charge on any atom is -0.496 e. The highest BCUT2D eigenvalue weighted by molar-refractivity contribution is 5.47. The van der Waals surface area contributed by atoms with E-state index in [1.165, 1.54) is 29.9 Å². The Morgan fingerprint density at radius 3 is 2.73 bits per heavy atom. The van der Waals surface area contributed by atoms with Gasteiger partial charge in [0.2, 0.25) is 0 Å². The molecule has 0 amide bonds. The number of methoxy groups -OCH3 is 1. The largest absolute Gasteiger partial charge is 0.496 e. The summed E-state index contributed by atoms with van der Waals surface area (Å²) in [7, 11) is 1.74. The molecule has 0 atom stereocenters. The van der Waals surface area contributed by atoms with E-state index < -0.39 is 0 Å². The number of ether oxygens (including phenoxy) is 1. The lowest BCUT2D eigenvalue weighted by Gasteiger charge is -2.12. The van der Waals surface area contributed by atoms with Crippen molar-refractivity contribution >= 4 is 0 Å². The van der Waals surface area contributed by atoms with Gasteiger partial charge in [-0.05, 0) is 36.0 Å². The van der Waals surface area contributed by atoms with Crippen LogP contribution in [0, 0.1) is 5.92 Å². The summed E-state index contributed by atoms with van der Waals surface area (Å²) in [5.41, 5.74) is 2.61. The molecule has 0 unspecified atom stereocenters. The number of benzene rings is 1. The van der Waals surface area contributed by atoms with Crippen LogP contribution < -0.4 is 4.74 Å². The monoisotopic (exact) mass is 201 g/mol. The van der Waals surface area contributed by atoms with Crippen molar-refractivity contribution in [3.05, 3.63) is 47.9 Å². The van der Waals surface area contributed by atoms with Gasteiger partial charge in [-0.25, -0.2) is 0 Å². The summed E-state index contributed by atoms with van der Waals surface area (Å²) in [4.78, 5) is 0. The Labute approximate surface area is 91.8 Å². The van der Waals surface area contributed by atoms with Crippen molar-refractivity contribution in [3.8, 4) is 5.75 Å². The first-order valence-electron chi connectivity index (χ1n) is 5.40. The van der Waals surface area contributed by atoms with Crippen molar-refractivity contribution in [1.29, 1.82) is 0 Å². The lowest BCUT2D eigenvalue weighted by atomic mass is 9.97. The minimum atomic E-state index is 0.720. The van der Waals surface area contributed by atoms with Gasteiger partial charge in [0.25, 0.3) is 0 Å². The highest BCUT2D eigenvalue weighted by Crippen LogP contribution is 2.45. The molecule has 1 aromatic carbocycles. The van der Waals surface area contributed by atoms with Crippen LogP contribution in [-0.2, 0) is 0 Å². The third-order valence-electron chi connectivity index (χ3n) is 3.01. The number of hydrogen-bond donors (Lipinski definition) is 0. The summed E-state index contributed by atoms with van der Waals surface area (Å²) < 4.78 is 5.38. The lowest BCUT2D eigenvalue weighted by molar-refractivity contribution is 0.409. The van der Waals surface area contributed by atoms with Crippen LogP contribution in [0.4, 0.5) is 0 Å². The zero-order valence-corrected chi connectivity index (χ0v) is 9.42. The fourth-order valence-electron chi connectivity index (χ4n) is 1.81. The van der Waals surface area contributed by atoms with Crippen molar-refractivity contribution in [2.75, 3.05) is 7.11 Å². The van der Waals surface area contributed by atoms with E-state index in [1.54, 1.807) is 7.11 Å². The van der Waals surface area contributed by atoms with Crippen molar-refractivity contribution in [1.82, 2.24) is 0 Å². The first-order valence-corrected chi connectivity index (χ1v) is 5.40. The molecule has 1 aromatic rings. The molecular weight excluding hydrogens is 184 g/mol. The molecule has 1 radical (unpaired) electrons. The van der Waals surface area contributed by atoms with Crippen LogP contribution >= 0.6 is 0 Å². The van der Waals surface area contributed by atoms with Gasteiger partial charge in [-0.1, -0.05) is 25.1 Å². The van der Waals surface area contributed by atoms with E-state index in [0.29, 0.717) is 0 Å². The molecule has 1 nitrogen and oxygen atoms in total. The fraction of sp³-hybridized carbons (Fsp3) is 0.357. The molecule has 1 aliphatic rings. The van der Waals surface area contributed by atoms with E-state index in [2.05, 4.69) is 31.7 Å². The summed E-state index contributed by atoms with van der Waals surface area (Å²) in [5.74, 6) is 2.97. The van der Waals surface area contributed by atoms with Crippen LogP contribution in [0.1, 0.15) is 36.8 Å². The summed E-state index contributed by atoms with van der Waals surface area (Å²) in [5, 5.41) is 0. The van der Waals surface area contributed by atoms with E-state index in [9.17, 15) is 0 Å². The van der Waals surface area contributed by atoms with Crippen LogP contribution in [0.2, 0.25) is 0 Å². The molecule has 2 rings (SSSR count). The number of hydrogen-bond acceptors (Lipinski definition) is 1. The van der Waals surface area contributed by atoms with Crippen LogP contribution in [0.3, 0.4) is 0 Å². The second-order valence-electron chi connectivity index (χ2n) is 4.12. The molecule has 0 aromatic heterocycles. The zero-order valence-electron chi connectivity index (χ0n) is 9.42. The highest BCUT2D eigenvalue weighted by Gasteiger charge is 2.27. The Bertz CT molecular complexity index is 364. The molecule has 0 spiro atoms. The predicted octanol–water partition coefficient (Wildman–Crippen LogP) is 3.70. The summed E-state index contributed by atoms with van der Waals surface area (Å²) in [6.45, 7) is 5.89. The smallest absolute Gasteiger partial charge is 0.122 e. The molecule has 0 heterocycles. The Balaban J connectivity index is 2.35. The van der Waals surface area contributed by atoms with Gasteiger partial charge in [-0.15, -0.1) is 6.58 Å². The van der Waals surface area contributed by atoms with Crippen LogP contribution in [0.25, 0.3) is 0 Å². The van der Waals surface area contributed by atoms with E-state index in [1.807, 2.05) is 6.08 Å². The normalized spacial score (nSPS) is 15.4. The van der Waals surface area contributed by atoms with Crippen molar-refractivity contribution in [3.63, 3.8) is 0 Å². The van der Waals surface area contributed by atoms with Gasteiger partial charge in [0, 0.05) is 5.92 Å². The summed E-state index contributed by atoms with van der Waals surface area (Å²) in [6.07, 6.45) is 4.50. The van der Waals surface area contributed by atoms with Gasteiger partial charge in [-0.3, -0.25) is 0 Å². The maximum Gasteiger partial charge on any atom is 0.122 e. The molecule has 1 saturated carbocycles. The fourth-order valence-corrected chi connectivity index (χ4v) is 1.81. The molecular formula is C14H17O. The Kier molecular flexibility index (Phi) is 2.81. The van der Waals surface area contributed by atoms with E-state index in [4.69, 9.17) is 4.74 Å². The van der Waals surface area contributed by atoms with E-state index in [-0.39, 0.29) is 0 Å². The van der Waals surface area contributed by atoms with Crippen molar-refractivity contribution in [2.24, 2.45) is 0 Å². The third kappa shape index (κ3) is 2.06. The van der Waals surface area contributed by atoms with E-state index in [0.717, 1.165) is 11.7 Å². The highest BCUT2D eigenvalue weighted by atomic mass is 16.5. The Morgan fingerprint density at radius 1 is 1.47 bits per heavy atom. The average Bonchev–Trinajstić information content (AvgIpc) is 3.11. The maximum atomic E-state index is 5.38. The van der Waals surface area contributed by atoms with Crippen molar-refractivity contribution < 1.29 is 4.74 Å². The second kappa shape index (κ2) is 4.09. The average molecular weight is 201 g/mol. The van der Waals surface area contributed by atoms with Gasteiger partial charge in [0.05, 0.1) is 7.11 Å². The SMILES string of the molecule is C=C[C](C)c1ccc(OC)c(C2CC2)c1. The molecule has 1 heteroatoms. The summed E-state index contributed by atoms with van der Waals surface area (Å²) in [6, 6.07) is 6.41. The second-order valence-corrected chi connectivity index (χ2v) is 4.12. The quantitative estimate of drug-likeness (QED) is 0.721. The maximum absolute atomic E-state index is 5.38.